The van der Waals surface area contributed by atoms with E-state index in [-0.39, 0.29) is 33.7 Å². The molecule has 0 aliphatic rings. The molecule has 3 aromatic heterocycles. The Morgan fingerprint density at radius 2 is 2.00 bits per heavy atom. The van der Waals surface area contributed by atoms with Crippen molar-refractivity contribution in [3.63, 3.8) is 0 Å². The number of nitrogens with one attached hydrogen (secondary N) is 2. The van der Waals surface area contributed by atoms with E-state index in [2.05, 4.69) is 14.7 Å². The molecule has 35 heavy (non-hydrogen) atoms. The summed E-state index contributed by atoms with van der Waals surface area (Å²) in [5.74, 6) is -0.797. The Kier molecular flexibility index (Phi) is 6.07. The lowest BCUT2D eigenvalue weighted by Crippen LogP contribution is -2.32. The number of ether oxygens (including phenoxy) is 1. The highest BCUT2D eigenvalue weighted by atomic mass is 35.5. The van der Waals surface area contributed by atoms with Crippen molar-refractivity contribution in [3.05, 3.63) is 76.8 Å². The normalized spacial score (nSPS) is 12.0. The highest BCUT2D eigenvalue weighted by Crippen LogP contribution is 2.36. The van der Waals surface area contributed by atoms with E-state index in [0.717, 1.165) is 18.3 Å². The standard InChI is InChI=1S/C21H14ClF3N4O5S/c1-34-16-10-29(31)20-12(6-8-27-20)17(16)19(30)18-15(3-2-7-26-18)28-35(32,33)11-4-5-14(22)13(9-11)21(23,24)25/h2-10,31H,1H3,(H,28,30)/p+1. The minimum atomic E-state index is -4.88. The number of alkyl halides is 3. The number of nitrogens with zero attached hydrogens (tertiary/aromatic N) is 2. The summed E-state index contributed by atoms with van der Waals surface area (Å²) in [5, 5.41) is 9.67. The number of carbonyl (C=O) groups excluding carboxylic acids is 1. The van der Waals surface area contributed by atoms with Gasteiger partial charge in [0.15, 0.2) is 11.9 Å². The first-order valence-corrected chi connectivity index (χ1v) is 11.5. The second-order valence-corrected chi connectivity index (χ2v) is 9.22. The molecule has 0 aliphatic heterocycles. The molecule has 1 aromatic carbocycles. The Hall–Kier alpha value is -3.84. The summed E-state index contributed by atoms with van der Waals surface area (Å²) in [6.07, 6.45) is -1.04. The van der Waals surface area contributed by atoms with Gasteiger partial charge < -0.3 is 9.94 Å². The molecule has 182 valence electrons. The van der Waals surface area contributed by atoms with Gasteiger partial charge in [-0.15, -0.1) is 0 Å². The average Bonchev–Trinajstić information content (AvgIpc) is 3.28. The molecule has 0 bridgehead atoms. The van der Waals surface area contributed by atoms with Crippen molar-refractivity contribution in [2.24, 2.45) is 0 Å². The number of rotatable bonds is 6. The van der Waals surface area contributed by atoms with E-state index in [9.17, 15) is 31.6 Å². The number of aromatic amines is 1. The number of hydrogen-bond donors (Lipinski definition) is 3. The van der Waals surface area contributed by atoms with E-state index < -0.39 is 37.5 Å². The van der Waals surface area contributed by atoms with Gasteiger partial charge in [-0.2, -0.15) is 13.2 Å². The fraction of sp³-hybridized carbons (Fsp3) is 0.0952. The Morgan fingerprint density at radius 1 is 1.26 bits per heavy atom. The zero-order chi connectivity index (χ0) is 25.5. The zero-order valence-electron chi connectivity index (χ0n) is 17.6. The van der Waals surface area contributed by atoms with Crippen LogP contribution >= 0.6 is 11.6 Å². The van der Waals surface area contributed by atoms with Gasteiger partial charge in [0.25, 0.3) is 10.0 Å². The van der Waals surface area contributed by atoms with Gasteiger partial charge in [0.05, 0.1) is 45.4 Å². The number of anilines is 1. The molecule has 14 heteroatoms. The van der Waals surface area contributed by atoms with Crippen LogP contribution in [0.4, 0.5) is 18.9 Å². The maximum atomic E-state index is 13.5. The first-order chi connectivity index (χ1) is 16.4. The zero-order valence-corrected chi connectivity index (χ0v) is 19.2. The topological polar surface area (TPSA) is 125 Å². The molecular formula is C21H15ClF3N4O5S+. The van der Waals surface area contributed by atoms with Gasteiger partial charge in [-0.05, 0) is 41.1 Å². The molecule has 4 aromatic rings. The van der Waals surface area contributed by atoms with Gasteiger partial charge in [-0.3, -0.25) is 14.5 Å². The van der Waals surface area contributed by atoms with Crippen molar-refractivity contribution in [1.82, 2.24) is 9.97 Å². The molecule has 0 unspecified atom stereocenters. The third-order valence-electron chi connectivity index (χ3n) is 4.98. The van der Waals surface area contributed by atoms with Crippen LogP contribution in [0.25, 0.3) is 11.0 Å². The minimum Gasteiger partial charge on any atom is -0.492 e. The molecule has 3 N–H and O–H groups in total. The van der Waals surface area contributed by atoms with Crippen molar-refractivity contribution in [3.8, 4) is 5.75 Å². The number of fused-ring (bicyclic) bond motifs is 1. The van der Waals surface area contributed by atoms with Crippen LogP contribution in [-0.4, -0.2) is 36.5 Å². The van der Waals surface area contributed by atoms with E-state index in [0.29, 0.717) is 10.8 Å². The Morgan fingerprint density at radius 3 is 2.69 bits per heavy atom. The van der Waals surface area contributed by atoms with Gasteiger partial charge in [0, 0.05) is 6.20 Å². The van der Waals surface area contributed by atoms with Crippen molar-refractivity contribution in [1.29, 1.82) is 0 Å². The molecule has 0 atom stereocenters. The smallest absolute Gasteiger partial charge is 0.417 e. The van der Waals surface area contributed by atoms with Crippen LogP contribution in [0.1, 0.15) is 21.6 Å². The summed E-state index contributed by atoms with van der Waals surface area (Å²) in [4.78, 5) is 19.5. The Balaban J connectivity index is 1.79. The Labute approximate surface area is 200 Å². The second-order valence-electron chi connectivity index (χ2n) is 7.13. The number of carbonyl (C=O) groups is 1. The minimum absolute atomic E-state index is 0.0287. The number of aromatic nitrogens is 3. The summed E-state index contributed by atoms with van der Waals surface area (Å²) in [6, 6.07) is 6.18. The molecule has 0 aliphatic carbocycles. The first kappa shape index (κ1) is 24.3. The van der Waals surface area contributed by atoms with Gasteiger partial charge in [0.2, 0.25) is 5.78 Å². The van der Waals surface area contributed by atoms with Crippen LogP contribution in [0, 0.1) is 0 Å². The molecule has 0 spiro atoms. The van der Waals surface area contributed by atoms with E-state index in [1.165, 1.54) is 37.7 Å². The van der Waals surface area contributed by atoms with Gasteiger partial charge in [-0.25, -0.2) is 13.4 Å². The molecule has 3 heterocycles. The van der Waals surface area contributed by atoms with Crippen LogP contribution in [0.5, 0.6) is 5.75 Å². The number of methoxy groups -OCH3 is 1. The molecule has 4 rings (SSSR count). The number of hydrogen-bond acceptors (Lipinski definition) is 6. The molecule has 0 fully saturated rings. The predicted octanol–water partition coefficient (Wildman–Crippen LogP) is 3.80. The van der Waals surface area contributed by atoms with Crippen molar-refractivity contribution >= 4 is 44.1 Å². The Bertz CT molecular complexity index is 1570. The summed E-state index contributed by atoms with van der Waals surface area (Å²) < 4.78 is 73.5. The molecule has 0 saturated carbocycles. The highest BCUT2D eigenvalue weighted by Gasteiger charge is 2.35. The van der Waals surface area contributed by atoms with E-state index in [1.807, 2.05) is 0 Å². The SMILES string of the molecule is COc1c[n+](O)c2[nH]ccc2c1C(=O)c1ncccc1NS(=O)(=O)c1ccc(Cl)c(C(F)(F)F)c1. The van der Waals surface area contributed by atoms with Crippen LogP contribution in [0.3, 0.4) is 0 Å². The number of benzene rings is 1. The van der Waals surface area contributed by atoms with Crippen molar-refractivity contribution in [2.45, 2.75) is 11.1 Å². The van der Waals surface area contributed by atoms with Gasteiger partial charge in [-0.1, -0.05) is 11.6 Å². The molecular weight excluding hydrogens is 513 g/mol. The monoisotopic (exact) mass is 527 g/mol. The predicted molar refractivity (Wildman–Crippen MR) is 117 cm³/mol. The maximum absolute atomic E-state index is 13.5. The number of pyridine rings is 2. The van der Waals surface area contributed by atoms with Crippen LogP contribution in [0.15, 0.2) is 59.9 Å². The third-order valence-corrected chi connectivity index (χ3v) is 6.67. The molecule has 0 saturated heterocycles. The lowest BCUT2D eigenvalue weighted by molar-refractivity contribution is -0.886. The third kappa shape index (κ3) is 4.47. The quantitative estimate of drug-likeness (QED) is 0.199. The fourth-order valence-corrected chi connectivity index (χ4v) is 4.71. The highest BCUT2D eigenvalue weighted by molar-refractivity contribution is 7.92. The lowest BCUT2D eigenvalue weighted by atomic mass is 10.0. The summed E-state index contributed by atoms with van der Waals surface area (Å²) in [5.41, 5.74) is -1.83. The summed E-state index contributed by atoms with van der Waals surface area (Å²) in [6.45, 7) is 0. The fourth-order valence-electron chi connectivity index (χ4n) is 3.39. The van der Waals surface area contributed by atoms with Crippen LogP contribution < -0.4 is 14.2 Å². The molecule has 0 amide bonds. The number of ketones is 1. The van der Waals surface area contributed by atoms with E-state index in [4.69, 9.17) is 16.3 Å². The number of halogens is 4. The van der Waals surface area contributed by atoms with Crippen molar-refractivity contribution < 1.29 is 41.1 Å². The van der Waals surface area contributed by atoms with E-state index in [1.54, 1.807) is 0 Å². The second kappa shape index (κ2) is 8.74. The average molecular weight is 528 g/mol. The largest absolute Gasteiger partial charge is 0.492 e. The molecule has 0 radical (unpaired) electrons. The summed E-state index contributed by atoms with van der Waals surface area (Å²) >= 11 is 5.58. The number of H-pyrrole nitrogens is 1. The van der Waals surface area contributed by atoms with Gasteiger partial charge in [0.1, 0.15) is 5.69 Å². The van der Waals surface area contributed by atoms with Crippen LogP contribution in [-0.2, 0) is 16.2 Å². The van der Waals surface area contributed by atoms with Gasteiger partial charge >= 0.3 is 11.8 Å². The number of sulfonamides is 1. The summed E-state index contributed by atoms with van der Waals surface area (Å²) in [7, 11) is -3.32. The van der Waals surface area contributed by atoms with E-state index >= 15 is 0 Å². The van der Waals surface area contributed by atoms with Crippen LogP contribution in [0.2, 0.25) is 5.02 Å². The lowest BCUT2D eigenvalue weighted by Gasteiger charge is -2.14. The molecule has 9 nitrogen and oxygen atoms in total. The van der Waals surface area contributed by atoms with Crippen molar-refractivity contribution in [2.75, 3.05) is 11.8 Å². The maximum Gasteiger partial charge on any atom is 0.417 e. The first-order valence-electron chi connectivity index (χ1n) is 9.62.